The molecule has 0 amide bonds. The van der Waals surface area contributed by atoms with Crippen LogP contribution in [0.25, 0.3) is 0 Å². The number of likely N-dealkylation sites (tertiary alicyclic amines) is 1. The predicted molar refractivity (Wildman–Crippen MR) is 84.8 cm³/mol. The second kappa shape index (κ2) is 6.78. The van der Waals surface area contributed by atoms with Crippen LogP contribution in [0.1, 0.15) is 31.9 Å². The van der Waals surface area contributed by atoms with Gasteiger partial charge in [0.25, 0.3) is 0 Å². The molecule has 3 heteroatoms. The van der Waals surface area contributed by atoms with Crippen molar-refractivity contribution < 1.29 is 0 Å². The predicted octanol–water partition coefficient (Wildman–Crippen LogP) is 3.40. The summed E-state index contributed by atoms with van der Waals surface area (Å²) >= 11 is 1.81. The van der Waals surface area contributed by atoms with Crippen LogP contribution in [0.2, 0.25) is 0 Å². The minimum atomic E-state index is 0.571. The van der Waals surface area contributed by atoms with Gasteiger partial charge in [0, 0.05) is 23.5 Å². The molecule has 0 bridgehead atoms. The Kier molecular flexibility index (Phi) is 5.31. The second-order valence-corrected chi connectivity index (χ2v) is 6.69. The van der Waals surface area contributed by atoms with Crippen molar-refractivity contribution in [3.05, 3.63) is 29.8 Å². The van der Waals surface area contributed by atoms with E-state index in [0.29, 0.717) is 12.1 Å². The molecule has 2 nitrogen and oxygen atoms in total. The standard InChI is InChI=1S/C16H26N2S/c1-12(2)17-11-14-9-10-18(3)16(14)13-5-7-15(19-4)8-6-13/h5-8,12,14,16-17H,9-11H2,1-4H3. The summed E-state index contributed by atoms with van der Waals surface area (Å²) in [4.78, 5) is 3.85. The van der Waals surface area contributed by atoms with E-state index in [-0.39, 0.29) is 0 Å². The van der Waals surface area contributed by atoms with Crippen LogP contribution in [0.15, 0.2) is 29.2 Å². The molecule has 1 N–H and O–H groups in total. The van der Waals surface area contributed by atoms with Gasteiger partial charge in [-0.1, -0.05) is 26.0 Å². The smallest absolute Gasteiger partial charge is 0.0385 e. The monoisotopic (exact) mass is 278 g/mol. The molecule has 1 aromatic rings. The van der Waals surface area contributed by atoms with Crippen LogP contribution in [0.3, 0.4) is 0 Å². The van der Waals surface area contributed by atoms with Gasteiger partial charge in [-0.3, -0.25) is 4.90 Å². The second-order valence-electron chi connectivity index (χ2n) is 5.81. The fourth-order valence-electron chi connectivity index (χ4n) is 2.95. The molecule has 106 valence electrons. The van der Waals surface area contributed by atoms with Crippen LogP contribution in [0, 0.1) is 5.92 Å². The summed E-state index contributed by atoms with van der Waals surface area (Å²) in [6, 6.07) is 10.3. The summed E-state index contributed by atoms with van der Waals surface area (Å²) < 4.78 is 0. The van der Waals surface area contributed by atoms with Gasteiger partial charge in [-0.25, -0.2) is 0 Å². The van der Waals surface area contributed by atoms with Crippen LogP contribution < -0.4 is 5.32 Å². The van der Waals surface area contributed by atoms with Gasteiger partial charge in [0.1, 0.15) is 0 Å². The minimum Gasteiger partial charge on any atom is -0.314 e. The Labute approximate surface area is 122 Å². The Morgan fingerprint density at radius 1 is 1.32 bits per heavy atom. The molecule has 19 heavy (non-hydrogen) atoms. The molecule has 0 aliphatic carbocycles. The maximum atomic E-state index is 3.60. The van der Waals surface area contributed by atoms with E-state index in [9.17, 15) is 0 Å². The summed E-state index contributed by atoms with van der Waals surface area (Å²) in [6.45, 7) is 6.78. The maximum absolute atomic E-state index is 3.60. The first-order chi connectivity index (χ1) is 9.11. The van der Waals surface area contributed by atoms with Crippen molar-refractivity contribution >= 4 is 11.8 Å². The van der Waals surface area contributed by atoms with Crippen molar-refractivity contribution in [1.82, 2.24) is 10.2 Å². The lowest BCUT2D eigenvalue weighted by atomic mass is 9.93. The molecule has 0 radical (unpaired) electrons. The van der Waals surface area contributed by atoms with Gasteiger partial charge in [-0.05, 0) is 49.9 Å². The molecule has 1 aliphatic rings. The van der Waals surface area contributed by atoms with Crippen LogP contribution in [0.5, 0.6) is 0 Å². The van der Waals surface area contributed by atoms with Crippen molar-refractivity contribution in [2.45, 2.75) is 37.2 Å². The van der Waals surface area contributed by atoms with Crippen LogP contribution >= 0.6 is 11.8 Å². The Balaban J connectivity index is 2.09. The summed E-state index contributed by atoms with van der Waals surface area (Å²) in [6.07, 6.45) is 3.43. The molecule has 0 saturated carbocycles. The number of nitrogens with one attached hydrogen (secondary N) is 1. The van der Waals surface area contributed by atoms with Crippen molar-refractivity contribution in [3.8, 4) is 0 Å². The van der Waals surface area contributed by atoms with Crippen molar-refractivity contribution in [1.29, 1.82) is 0 Å². The van der Waals surface area contributed by atoms with E-state index in [1.165, 1.54) is 23.4 Å². The topological polar surface area (TPSA) is 15.3 Å². The lowest BCUT2D eigenvalue weighted by Gasteiger charge is -2.26. The van der Waals surface area contributed by atoms with E-state index < -0.39 is 0 Å². The third-order valence-electron chi connectivity index (χ3n) is 4.02. The fraction of sp³-hybridized carbons (Fsp3) is 0.625. The number of hydrogen-bond donors (Lipinski definition) is 1. The molecule has 1 aliphatic heterocycles. The van der Waals surface area contributed by atoms with E-state index in [0.717, 1.165) is 12.5 Å². The number of nitrogens with zero attached hydrogens (tertiary/aromatic N) is 1. The molecular formula is C16H26N2S. The molecular weight excluding hydrogens is 252 g/mol. The molecule has 2 atom stereocenters. The van der Waals surface area contributed by atoms with Crippen molar-refractivity contribution in [2.24, 2.45) is 5.92 Å². The molecule has 0 aromatic heterocycles. The largest absolute Gasteiger partial charge is 0.314 e. The number of rotatable bonds is 5. The van der Waals surface area contributed by atoms with E-state index in [4.69, 9.17) is 0 Å². The highest BCUT2D eigenvalue weighted by Crippen LogP contribution is 2.36. The fourth-order valence-corrected chi connectivity index (χ4v) is 3.36. The summed E-state index contributed by atoms with van der Waals surface area (Å²) in [7, 11) is 2.25. The zero-order valence-corrected chi connectivity index (χ0v) is 13.3. The molecule has 2 rings (SSSR count). The zero-order chi connectivity index (χ0) is 13.8. The van der Waals surface area contributed by atoms with Crippen molar-refractivity contribution in [2.75, 3.05) is 26.4 Å². The average Bonchev–Trinajstić information content (AvgIpc) is 2.78. The first-order valence-corrected chi connectivity index (χ1v) is 8.42. The Bertz CT molecular complexity index is 388. The van der Waals surface area contributed by atoms with Gasteiger partial charge in [0.15, 0.2) is 0 Å². The normalized spacial score (nSPS) is 24.3. The maximum Gasteiger partial charge on any atom is 0.0385 e. The Morgan fingerprint density at radius 3 is 2.58 bits per heavy atom. The number of thioether (sulfide) groups is 1. The van der Waals surface area contributed by atoms with Crippen LogP contribution in [-0.2, 0) is 0 Å². The lowest BCUT2D eigenvalue weighted by Crippen LogP contribution is -2.32. The van der Waals surface area contributed by atoms with E-state index in [1.54, 1.807) is 0 Å². The minimum absolute atomic E-state index is 0.571. The summed E-state index contributed by atoms with van der Waals surface area (Å²) in [5.74, 6) is 0.729. The van der Waals surface area contributed by atoms with Gasteiger partial charge in [0.2, 0.25) is 0 Å². The summed E-state index contributed by atoms with van der Waals surface area (Å²) in [5, 5.41) is 3.60. The van der Waals surface area contributed by atoms with Crippen LogP contribution in [0.4, 0.5) is 0 Å². The van der Waals surface area contributed by atoms with Gasteiger partial charge in [-0.2, -0.15) is 0 Å². The van der Waals surface area contributed by atoms with Gasteiger partial charge in [0.05, 0.1) is 0 Å². The van der Waals surface area contributed by atoms with Gasteiger partial charge < -0.3 is 5.32 Å². The third-order valence-corrected chi connectivity index (χ3v) is 4.76. The quantitative estimate of drug-likeness (QED) is 0.831. The van der Waals surface area contributed by atoms with E-state index in [2.05, 4.69) is 61.6 Å². The molecule has 2 unspecified atom stereocenters. The van der Waals surface area contributed by atoms with Gasteiger partial charge >= 0.3 is 0 Å². The first-order valence-electron chi connectivity index (χ1n) is 7.19. The molecule has 1 heterocycles. The van der Waals surface area contributed by atoms with E-state index >= 15 is 0 Å². The SMILES string of the molecule is CSc1ccc(C2C(CNC(C)C)CCN2C)cc1. The lowest BCUT2D eigenvalue weighted by molar-refractivity contribution is 0.269. The zero-order valence-electron chi connectivity index (χ0n) is 12.5. The average molecular weight is 278 g/mol. The first kappa shape index (κ1) is 14.9. The highest BCUT2D eigenvalue weighted by molar-refractivity contribution is 7.98. The molecule has 1 fully saturated rings. The van der Waals surface area contributed by atoms with E-state index in [1.807, 2.05) is 11.8 Å². The number of benzene rings is 1. The van der Waals surface area contributed by atoms with Gasteiger partial charge in [-0.15, -0.1) is 11.8 Å². The third kappa shape index (κ3) is 3.74. The Hall–Kier alpha value is -0.510. The summed E-state index contributed by atoms with van der Waals surface area (Å²) in [5.41, 5.74) is 1.47. The highest BCUT2D eigenvalue weighted by atomic mass is 32.2. The highest BCUT2D eigenvalue weighted by Gasteiger charge is 2.32. The van der Waals surface area contributed by atoms with Crippen molar-refractivity contribution in [3.63, 3.8) is 0 Å². The molecule has 1 aromatic carbocycles. The number of hydrogen-bond acceptors (Lipinski definition) is 3. The molecule has 1 saturated heterocycles. The van der Waals surface area contributed by atoms with Crippen LogP contribution in [-0.4, -0.2) is 37.3 Å². The Morgan fingerprint density at radius 2 is 2.00 bits per heavy atom. The molecule has 0 spiro atoms.